The first kappa shape index (κ1) is 33.2. The lowest BCUT2D eigenvalue weighted by atomic mass is 9.44. The molecule has 3 aliphatic carbocycles. The molecule has 242 valence electrons. The summed E-state index contributed by atoms with van der Waals surface area (Å²) in [5, 5.41) is 14.8. The molecule has 2 bridgehead atoms. The van der Waals surface area contributed by atoms with E-state index in [2.05, 4.69) is 49.5 Å². The van der Waals surface area contributed by atoms with E-state index in [1.807, 2.05) is 37.3 Å². The Morgan fingerprint density at radius 3 is 2.57 bits per heavy atom. The number of carbonyl (C=O) groups is 3. The molecule has 1 aromatic carbocycles. The number of benzene rings is 1. The number of ketones is 1. The first-order chi connectivity index (χ1) is 20.8. The summed E-state index contributed by atoms with van der Waals surface area (Å²) < 4.78 is 6.40. The minimum Gasteiger partial charge on any atom is -0.461 e. The maximum Gasteiger partial charge on any atom is 0.316 e. The molecule has 1 aliphatic heterocycles. The van der Waals surface area contributed by atoms with E-state index in [1.165, 1.54) is 11.8 Å². The van der Waals surface area contributed by atoms with Crippen LogP contribution in [0, 0.1) is 34.0 Å². The summed E-state index contributed by atoms with van der Waals surface area (Å²) in [4.78, 5) is 45.3. The zero-order chi connectivity index (χ0) is 31.9. The highest BCUT2D eigenvalue weighted by Crippen LogP contribution is 2.68. The van der Waals surface area contributed by atoms with Crippen LogP contribution in [-0.2, 0) is 19.1 Å². The van der Waals surface area contributed by atoms with Crippen LogP contribution >= 0.6 is 11.8 Å². The number of hydrogen-bond acceptors (Lipinski definition) is 8. The Kier molecular flexibility index (Phi) is 9.72. The number of ether oxygens (including phenoxy) is 1. The van der Waals surface area contributed by atoms with Crippen LogP contribution < -0.4 is 5.32 Å². The molecule has 0 aromatic heterocycles. The van der Waals surface area contributed by atoms with Gasteiger partial charge in [-0.05, 0) is 62.1 Å². The molecule has 8 nitrogen and oxygen atoms in total. The average molecular weight is 626 g/mol. The van der Waals surface area contributed by atoms with E-state index >= 15 is 0 Å². The number of aliphatic hydroxyl groups excluding tert-OH is 1. The molecular weight excluding hydrogens is 574 g/mol. The number of anilines is 1. The van der Waals surface area contributed by atoms with Gasteiger partial charge in [0.15, 0.2) is 0 Å². The topological polar surface area (TPSA) is 99.2 Å². The second kappa shape index (κ2) is 12.9. The predicted octanol–water partition coefficient (Wildman–Crippen LogP) is 4.87. The number of aliphatic hydroxyl groups is 1. The Labute approximate surface area is 267 Å². The fourth-order valence-corrected chi connectivity index (χ4v) is 9.72. The smallest absolute Gasteiger partial charge is 0.316 e. The number of hydrogen-bond donors (Lipinski definition) is 2. The van der Waals surface area contributed by atoms with Gasteiger partial charge in [0.05, 0.1) is 24.1 Å². The molecule has 0 radical (unpaired) electrons. The van der Waals surface area contributed by atoms with Crippen LogP contribution in [0.5, 0.6) is 0 Å². The maximum atomic E-state index is 13.6. The third-order valence-corrected chi connectivity index (χ3v) is 13.1. The Balaban J connectivity index is 1.32. The zero-order valence-electron chi connectivity index (χ0n) is 27.1. The Morgan fingerprint density at radius 1 is 1.16 bits per heavy atom. The molecule has 44 heavy (non-hydrogen) atoms. The summed E-state index contributed by atoms with van der Waals surface area (Å²) in [5.41, 5.74) is -0.829. The summed E-state index contributed by atoms with van der Waals surface area (Å²) in [5.74, 6) is -0.246. The summed E-state index contributed by atoms with van der Waals surface area (Å²) >= 11 is 1.34. The molecule has 3 saturated carbocycles. The van der Waals surface area contributed by atoms with Gasteiger partial charge in [-0.3, -0.25) is 19.3 Å². The highest BCUT2D eigenvalue weighted by Gasteiger charge is 2.68. The van der Waals surface area contributed by atoms with Crippen LogP contribution in [0.3, 0.4) is 0 Å². The van der Waals surface area contributed by atoms with Crippen LogP contribution in [0.2, 0.25) is 0 Å². The van der Waals surface area contributed by atoms with Crippen LogP contribution in [0.25, 0.3) is 0 Å². The molecule has 0 spiro atoms. The van der Waals surface area contributed by atoms with E-state index in [-0.39, 0.29) is 46.6 Å². The molecule has 9 heteroatoms. The van der Waals surface area contributed by atoms with Crippen LogP contribution in [0.4, 0.5) is 5.69 Å². The monoisotopic (exact) mass is 625 g/mol. The van der Waals surface area contributed by atoms with Crippen molar-refractivity contribution in [2.75, 3.05) is 50.8 Å². The summed E-state index contributed by atoms with van der Waals surface area (Å²) in [6.07, 6.45) is 4.14. The van der Waals surface area contributed by atoms with Crippen molar-refractivity contribution in [2.45, 2.75) is 76.9 Å². The van der Waals surface area contributed by atoms with E-state index in [9.17, 15) is 19.5 Å². The lowest BCUT2D eigenvalue weighted by Crippen LogP contribution is -2.63. The van der Waals surface area contributed by atoms with Crippen molar-refractivity contribution in [2.24, 2.45) is 34.0 Å². The molecule has 5 rings (SSSR count). The SMILES string of the molecule is C=C[C@]1(C)C[C@@H](OC(=O)CSc2ccccc2NC(=O)CN2CCN(C)CC2)[C@]2(C)[C@H](C)CC[C@]3(CCC(=O)[C@H]32)[C@@H](C)[C@@H]1O. The van der Waals surface area contributed by atoms with Gasteiger partial charge in [-0.15, -0.1) is 18.3 Å². The number of para-hydroxylation sites is 1. The van der Waals surface area contributed by atoms with Crippen LogP contribution in [0.15, 0.2) is 41.8 Å². The van der Waals surface area contributed by atoms with E-state index in [1.54, 1.807) is 0 Å². The van der Waals surface area contributed by atoms with Crippen LogP contribution in [0.1, 0.15) is 59.8 Å². The van der Waals surface area contributed by atoms with Crippen molar-refractivity contribution in [3.8, 4) is 0 Å². The van der Waals surface area contributed by atoms with Crippen molar-refractivity contribution >= 4 is 35.1 Å². The molecule has 1 amide bonds. The fraction of sp³-hybridized carbons (Fsp3) is 0.686. The quantitative estimate of drug-likeness (QED) is 0.240. The highest BCUT2D eigenvalue weighted by atomic mass is 32.2. The van der Waals surface area contributed by atoms with Crippen molar-refractivity contribution in [3.63, 3.8) is 0 Å². The van der Waals surface area contributed by atoms with Crippen molar-refractivity contribution in [1.82, 2.24) is 9.80 Å². The minimum atomic E-state index is -0.691. The molecule has 1 aromatic rings. The maximum absolute atomic E-state index is 13.6. The number of thioether (sulfide) groups is 1. The Morgan fingerprint density at radius 2 is 1.86 bits per heavy atom. The van der Waals surface area contributed by atoms with Gasteiger partial charge in [-0.1, -0.05) is 45.9 Å². The standard InChI is InChI=1S/C35H51N3O5S/c1-7-33(4)20-28(34(5)23(2)12-14-35(24(3)32(33)42)15-13-26(39)31(34)35)43-30(41)22-44-27-11-9-8-10-25(27)36-29(40)21-38-18-16-37(6)17-19-38/h7-11,23-24,28,31-32,42H,1,12-22H2,2-6H3,(H,36,40)/t23-,24+,28-,31+,32+,33-,34+,35+/m1/s1. The molecule has 1 heterocycles. The highest BCUT2D eigenvalue weighted by molar-refractivity contribution is 8.00. The van der Waals surface area contributed by atoms with E-state index < -0.39 is 23.0 Å². The zero-order valence-corrected chi connectivity index (χ0v) is 28.0. The van der Waals surface area contributed by atoms with Gasteiger partial charge in [0, 0.05) is 54.2 Å². The number of amides is 1. The number of nitrogens with zero attached hydrogens (tertiary/aromatic N) is 2. The second-order valence-corrected chi connectivity index (χ2v) is 15.5. The van der Waals surface area contributed by atoms with E-state index in [0.717, 1.165) is 50.3 Å². The van der Waals surface area contributed by atoms with Gasteiger partial charge >= 0.3 is 5.97 Å². The Hall–Kier alpha value is -2.20. The van der Waals surface area contributed by atoms with Gasteiger partial charge < -0.3 is 20.1 Å². The number of nitrogens with one attached hydrogen (secondary N) is 1. The molecule has 4 fully saturated rings. The predicted molar refractivity (Wildman–Crippen MR) is 174 cm³/mol. The van der Waals surface area contributed by atoms with Crippen LogP contribution in [-0.4, -0.2) is 90.3 Å². The number of piperazine rings is 1. The molecule has 1 saturated heterocycles. The van der Waals surface area contributed by atoms with E-state index in [0.29, 0.717) is 25.1 Å². The summed E-state index contributed by atoms with van der Waals surface area (Å²) in [6.45, 7) is 16.5. The molecule has 0 unspecified atom stereocenters. The molecule has 4 aliphatic rings. The third-order valence-electron chi connectivity index (χ3n) is 12.0. The number of Topliss-reactive ketones (excluding diaryl/α,β-unsaturated/α-hetero) is 1. The third kappa shape index (κ3) is 6.02. The van der Waals surface area contributed by atoms with Gasteiger partial charge in [-0.2, -0.15) is 0 Å². The number of likely N-dealkylation sites (N-methyl/N-ethyl adjacent to an activating group) is 1. The number of esters is 1. The first-order valence-corrected chi connectivity index (χ1v) is 17.3. The van der Waals surface area contributed by atoms with Gasteiger partial charge in [0.2, 0.25) is 5.91 Å². The van der Waals surface area contributed by atoms with E-state index in [4.69, 9.17) is 4.74 Å². The fourth-order valence-electron chi connectivity index (χ4n) is 8.93. The van der Waals surface area contributed by atoms with Crippen molar-refractivity contribution in [1.29, 1.82) is 0 Å². The largest absolute Gasteiger partial charge is 0.461 e. The Bertz CT molecular complexity index is 1270. The molecule has 2 N–H and O–H groups in total. The number of carbonyl (C=O) groups excluding carboxylic acids is 3. The average Bonchev–Trinajstić information content (AvgIpc) is 3.36. The number of rotatable bonds is 8. The summed E-state index contributed by atoms with van der Waals surface area (Å²) in [6, 6.07) is 7.54. The normalized spacial score (nSPS) is 37.9. The van der Waals surface area contributed by atoms with Gasteiger partial charge in [-0.25, -0.2) is 0 Å². The van der Waals surface area contributed by atoms with Gasteiger partial charge in [0.1, 0.15) is 11.9 Å². The van der Waals surface area contributed by atoms with Gasteiger partial charge in [0.25, 0.3) is 0 Å². The minimum absolute atomic E-state index is 0.0658. The summed E-state index contributed by atoms with van der Waals surface area (Å²) in [7, 11) is 2.09. The molecule has 8 atom stereocenters. The molecular formula is C35H51N3O5S. The lowest BCUT2D eigenvalue weighted by molar-refractivity contribution is -0.205. The first-order valence-electron chi connectivity index (χ1n) is 16.3. The lowest BCUT2D eigenvalue weighted by Gasteiger charge is -2.61. The van der Waals surface area contributed by atoms with Crippen molar-refractivity contribution < 1.29 is 24.2 Å². The van der Waals surface area contributed by atoms with Crippen molar-refractivity contribution in [3.05, 3.63) is 36.9 Å². The second-order valence-electron chi connectivity index (χ2n) is 14.5.